The van der Waals surface area contributed by atoms with Crippen LogP contribution < -0.4 is 10.1 Å². The zero-order chi connectivity index (χ0) is 21.1. The van der Waals surface area contributed by atoms with Crippen molar-refractivity contribution in [2.45, 2.75) is 45.1 Å². The van der Waals surface area contributed by atoms with Gasteiger partial charge in [0.15, 0.2) is 0 Å². The number of rotatable bonds is 6. The second-order valence-corrected chi connectivity index (χ2v) is 7.64. The van der Waals surface area contributed by atoms with E-state index in [1.54, 1.807) is 0 Å². The molecule has 0 aromatic heterocycles. The van der Waals surface area contributed by atoms with Gasteiger partial charge in [0, 0.05) is 34.7 Å². The van der Waals surface area contributed by atoms with E-state index >= 15 is 0 Å². The van der Waals surface area contributed by atoms with Crippen molar-refractivity contribution in [3.8, 4) is 11.5 Å². The first-order valence-electron chi connectivity index (χ1n) is 10.6. The van der Waals surface area contributed by atoms with Crippen LogP contribution in [0.15, 0.2) is 66.7 Å². The lowest BCUT2D eigenvalue weighted by Gasteiger charge is -2.28. The molecule has 1 aliphatic heterocycles. The first-order chi connectivity index (χ1) is 14.6. The first-order valence-corrected chi connectivity index (χ1v) is 10.6. The van der Waals surface area contributed by atoms with Crippen molar-refractivity contribution in [1.82, 2.24) is 0 Å². The highest BCUT2D eigenvalue weighted by atomic mass is 16.5. The minimum atomic E-state index is -0.601. The molecule has 0 saturated carbocycles. The van der Waals surface area contributed by atoms with Crippen molar-refractivity contribution >= 4 is 11.6 Å². The molecule has 1 atom stereocenters. The Labute approximate surface area is 177 Å². The maximum atomic E-state index is 13.2. The average Bonchev–Trinajstić information content (AvgIpc) is 2.78. The molecule has 0 bridgehead atoms. The van der Waals surface area contributed by atoms with E-state index in [4.69, 9.17) is 4.74 Å². The zero-order valence-electron chi connectivity index (χ0n) is 17.4. The minimum absolute atomic E-state index is 0.0723. The summed E-state index contributed by atoms with van der Waals surface area (Å²) in [5, 5.41) is 13.6. The van der Waals surface area contributed by atoms with Gasteiger partial charge in [-0.25, -0.2) is 0 Å². The van der Waals surface area contributed by atoms with E-state index in [9.17, 15) is 9.90 Å². The maximum Gasteiger partial charge on any atom is 0.225 e. The molecule has 4 rings (SSSR count). The SMILES string of the molecule is CCc1cccc(C(O)CC)c1NC(=O)CC1c2ccccc2Oc2ccccc21. The van der Waals surface area contributed by atoms with Crippen molar-refractivity contribution < 1.29 is 14.6 Å². The zero-order valence-corrected chi connectivity index (χ0v) is 17.4. The van der Waals surface area contributed by atoms with Gasteiger partial charge in [-0.2, -0.15) is 0 Å². The van der Waals surface area contributed by atoms with Crippen LogP contribution in [0.25, 0.3) is 0 Å². The Morgan fingerprint density at radius 1 is 0.967 bits per heavy atom. The lowest BCUT2D eigenvalue weighted by atomic mass is 9.85. The molecule has 154 valence electrons. The molecule has 1 heterocycles. The second-order valence-electron chi connectivity index (χ2n) is 7.64. The molecule has 0 spiro atoms. The third kappa shape index (κ3) is 3.83. The smallest absolute Gasteiger partial charge is 0.225 e. The normalized spacial score (nSPS) is 13.7. The van der Waals surface area contributed by atoms with E-state index < -0.39 is 6.10 Å². The van der Waals surface area contributed by atoms with Gasteiger partial charge in [0.1, 0.15) is 11.5 Å². The molecule has 2 N–H and O–H groups in total. The number of carbonyl (C=O) groups excluding carboxylic acids is 1. The summed E-state index contributed by atoms with van der Waals surface area (Å²) in [5.41, 5.74) is 4.58. The number of hydrogen-bond donors (Lipinski definition) is 2. The predicted molar refractivity (Wildman–Crippen MR) is 119 cm³/mol. The quantitative estimate of drug-likeness (QED) is 0.536. The van der Waals surface area contributed by atoms with Crippen LogP contribution in [0, 0.1) is 0 Å². The lowest BCUT2D eigenvalue weighted by molar-refractivity contribution is -0.116. The summed E-state index contributed by atoms with van der Waals surface area (Å²) in [7, 11) is 0. The summed E-state index contributed by atoms with van der Waals surface area (Å²) in [6.45, 7) is 3.99. The van der Waals surface area contributed by atoms with Crippen LogP contribution in [0.1, 0.15) is 61.0 Å². The molecule has 0 saturated heterocycles. The van der Waals surface area contributed by atoms with Crippen molar-refractivity contribution in [2.24, 2.45) is 0 Å². The van der Waals surface area contributed by atoms with Gasteiger partial charge in [0.2, 0.25) is 5.91 Å². The summed E-state index contributed by atoms with van der Waals surface area (Å²) in [6, 6.07) is 21.6. The van der Waals surface area contributed by atoms with Gasteiger partial charge < -0.3 is 15.2 Å². The fraction of sp³-hybridized carbons (Fsp3) is 0.269. The number of hydrogen-bond acceptors (Lipinski definition) is 3. The molecule has 4 nitrogen and oxygen atoms in total. The Morgan fingerprint density at radius 3 is 2.20 bits per heavy atom. The Balaban J connectivity index is 1.65. The molecule has 0 radical (unpaired) electrons. The number of nitrogens with one attached hydrogen (secondary N) is 1. The number of amides is 1. The Kier molecular flexibility index (Phi) is 5.86. The van der Waals surface area contributed by atoms with Gasteiger partial charge >= 0.3 is 0 Å². The largest absolute Gasteiger partial charge is 0.457 e. The van der Waals surface area contributed by atoms with Gasteiger partial charge in [-0.1, -0.05) is 68.4 Å². The number of para-hydroxylation sites is 3. The minimum Gasteiger partial charge on any atom is -0.457 e. The number of benzene rings is 3. The molecule has 3 aromatic rings. The molecule has 0 fully saturated rings. The lowest BCUT2D eigenvalue weighted by Crippen LogP contribution is -2.21. The number of aliphatic hydroxyl groups is 1. The molecular weight excluding hydrogens is 374 g/mol. The average molecular weight is 402 g/mol. The van der Waals surface area contributed by atoms with Gasteiger partial charge in [-0.15, -0.1) is 0 Å². The van der Waals surface area contributed by atoms with E-state index in [1.165, 1.54) is 0 Å². The molecule has 4 heteroatoms. The van der Waals surface area contributed by atoms with E-state index in [1.807, 2.05) is 73.7 Å². The van der Waals surface area contributed by atoms with Crippen molar-refractivity contribution in [1.29, 1.82) is 0 Å². The van der Waals surface area contributed by atoms with E-state index in [0.29, 0.717) is 12.8 Å². The summed E-state index contributed by atoms with van der Waals surface area (Å²) in [6.07, 6.45) is 1.08. The number of aryl methyl sites for hydroxylation is 1. The van der Waals surface area contributed by atoms with Crippen LogP contribution in [0.5, 0.6) is 11.5 Å². The number of aliphatic hydroxyl groups excluding tert-OH is 1. The Morgan fingerprint density at radius 2 is 1.60 bits per heavy atom. The Bertz CT molecular complexity index is 1010. The van der Waals surface area contributed by atoms with Gasteiger partial charge in [-0.3, -0.25) is 4.79 Å². The van der Waals surface area contributed by atoms with Crippen LogP contribution in [0.2, 0.25) is 0 Å². The van der Waals surface area contributed by atoms with E-state index in [-0.39, 0.29) is 11.8 Å². The first kappa shape index (κ1) is 20.2. The van der Waals surface area contributed by atoms with Crippen molar-refractivity contribution in [3.63, 3.8) is 0 Å². The molecule has 1 unspecified atom stereocenters. The van der Waals surface area contributed by atoms with E-state index in [0.717, 1.165) is 45.9 Å². The van der Waals surface area contributed by atoms with Crippen molar-refractivity contribution in [3.05, 3.63) is 89.0 Å². The van der Waals surface area contributed by atoms with Gasteiger partial charge in [-0.05, 0) is 30.5 Å². The molecular formula is C26H27NO3. The molecule has 1 amide bonds. The summed E-state index contributed by atoms with van der Waals surface area (Å²) >= 11 is 0. The summed E-state index contributed by atoms with van der Waals surface area (Å²) in [4.78, 5) is 13.2. The molecule has 30 heavy (non-hydrogen) atoms. The highest BCUT2D eigenvalue weighted by molar-refractivity contribution is 5.93. The maximum absolute atomic E-state index is 13.2. The van der Waals surface area contributed by atoms with Gasteiger partial charge in [0.25, 0.3) is 0 Å². The standard InChI is InChI=1S/C26H27NO3/c1-3-17-10-9-13-20(22(28)4-2)26(17)27-25(29)16-21-18-11-5-7-14-23(18)30-24-15-8-6-12-19(21)24/h5-15,21-22,28H,3-4,16H2,1-2H3,(H,27,29). The fourth-order valence-corrected chi connectivity index (χ4v) is 4.17. The monoisotopic (exact) mass is 401 g/mol. The van der Waals surface area contributed by atoms with E-state index in [2.05, 4.69) is 12.2 Å². The molecule has 1 aliphatic rings. The van der Waals surface area contributed by atoms with Crippen LogP contribution >= 0.6 is 0 Å². The predicted octanol–water partition coefficient (Wildman–Crippen LogP) is 5.96. The third-order valence-corrected chi connectivity index (χ3v) is 5.77. The second kappa shape index (κ2) is 8.72. The van der Waals surface area contributed by atoms with Crippen LogP contribution in [0.3, 0.4) is 0 Å². The van der Waals surface area contributed by atoms with Crippen LogP contribution in [-0.2, 0) is 11.2 Å². The highest BCUT2D eigenvalue weighted by Gasteiger charge is 2.29. The number of anilines is 1. The molecule has 3 aromatic carbocycles. The molecule has 0 aliphatic carbocycles. The third-order valence-electron chi connectivity index (χ3n) is 5.77. The summed E-state index contributed by atoms with van der Waals surface area (Å²) in [5.74, 6) is 1.44. The fourth-order valence-electron chi connectivity index (χ4n) is 4.17. The van der Waals surface area contributed by atoms with Crippen LogP contribution in [-0.4, -0.2) is 11.0 Å². The topological polar surface area (TPSA) is 58.6 Å². The Hall–Kier alpha value is -3.11. The number of carbonyl (C=O) groups is 1. The number of ether oxygens (including phenoxy) is 1. The van der Waals surface area contributed by atoms with Gasteiger partial charge in [0.05, 0.1) is 6.10 Å². The summed E-state index contributed by atoms with van der Waals surface area (Å²) < 4.78 is 6.04. The number of fused-ring (bicyclic) bond motifs is 2. The highest BCUT2D eigenvalue weighted by Crippen LogP contribution is 2.45. The van der Waals surface area contributed by atoms with Crippen molar-refractivity contribution in [2.75, 3.05) is 5.32 Å². The van der Waals surface area contributed by atoms with Crippen LogP contribution in [0.4, 0.5) is 5.69 Å².